The highest BCUT2D eigenvalue weighted by molar-refractivity contribution is 5.95. The van der Waals surface area contributed by atoms with Gasteiger partial charge in [0.25, 0.3) is 11.6 Å². The lowest BCUT2D eigenvalue weighted by molar-refractivity contribution is -0.385. The van der Waals surface area contributed by atoms with Crippen LogP contribution in [0, 0.1) is 17.0 Å². The molecule has 1 rings (SSSR count). The molecule has 0 aliphatic rings. The van der Waals surface area contributed by atoms with E-state index < -0.39 is 23.5 Å². The third-order valence-electron chi connectivity index (χ3n) is 2.88. The number of hydrogen-bond acceptors (Lipinski definition) is 5. The van der Waals surface area contributed by atoms with Crippen molar-refractivity contribution in [2.75, 3.05) is 13.2 Å². The van der Waals surface area contributed by atoms with Gasteiger partial charge in [-0.25, -0.2) is 4.79 Å². The maximum absolute atomic E-state index is 11.6. The van der Waals surface area contributed by atoms with Crippen LogP contribution in [0.15, 0.2) is 18.2 Å². The molecule has 0 unspecified atom stereocenters. The Balaban J connectivity index is 2.49. The van der Waals surface area contributed by atoms with Crippen molar-refractivity contribution in [3.05, 3.63) is 33.9 Å². The number of nitrogens with zero attached hydrogens (tertiary/aromatic N) is 1. The third kappa shape index (κ3) is 5.39. The van der Waals surface area contributed by atoms with Gasteiger partial charge in [0, 0.05) is 12.6 Å². The molecule has 0 aromatic heterocycles. The molecule has 0 radical (unpaired) electrons. The van der Waals surface area contributed by atoms with Crippen LogP contribution >= 0.6 is 0 Å². The minimum Gasteiger partial charge on any atom is -0.483 e. The summed E-state index contributed by atoms with van der Waals surface area (Å²) in [5, 5.41) is 15.5. The number of nitro benzene ring substituents is 1. The fraction of sp³-hybridized carbons (Fsp3) is 0.429. The number of imide groups is 1. The molecule has 1 aromatic carbocycles. The zero-order chi connectivity index (χ0) is 16.5. The number of benzene rings is 1. The first-order valence-electron chi connectivity index (χ1n) is 6.90. The van der Waals surface area contributed by atoms with Crippen molar-refractivity contribution < 1.29 is 19.2 Å². The molecular formula is C14H19N3O5. The zero-order valence-corrected chi connectivity index (χ0v) is 12.5. The summed E-state index contributed by atoms with van der Waals surface area (Å²) in [5.74, 6) is -0.393. The van der Waals surface area contributed by atoms with Crippen LogP contribution in [0.5, 0.6) is 5.75 Å². The first-order chi connectivity index (χ1) is 10.5. The molecule has 8 heteroatoms. The Kier molecular flexibility index (Phi) is 6.81. The van der Waals surface area contributed by atoms with Gasteiger partial charge in [-0.2, -0.15) is 0 Å². The molecule has 0 aliphatic carbocycles. The van der Waals surface area contributed by atoms with Gasteiger partial charge in [-0.1, -0.05) is 19.4 Å². The van der Waals surface area contributed by atoms with Crippen LogP contribution in [0.1, 0.15) is 25.3 Å². The van der Waals surface area contributed by atoms with E-state index in [1.54, 1.807) is 0 Å². The average Bonchev–Trinajstić information content (AvgIpc) is 2.46. The summed E-state index contributed by atoms with van der Waals surface area (Å²) >= 11 is 0. The molecule has 1 aromatic rings. The summed E-state index contributed by atoms with van der Waals surface area (Å²) < 4.78 is 5.22. The molecule has 0 saturated heterocycles. The Morgan fingerprint density at radius 2 is 2.09 bits per heavy atom. The number of carbonyl (C=O) groups excluding carboxylic acids is 2. The van der Waals surface area contributed by atoms with E-state index in [9.17, 15) is 19.7 Å². The molecule has 0 fully saturated rings. The Hall–Kier alpha value is -2.64. The first-order valence-corrected chi connectivity index (χ1v) is 6.90. The van der Waals surface area contributed by atoms with Gasteiger partial charge in [-0.15, -0.1) is 0 Å². The van der Waals surface area contributed by atoms with Crippen molar-refractivity contribution in [1.29, 1.82) is 0 Å². The SMILES string of the molecule is CCCCNC(=O)NC(=O)COc1cccc([N+](=O)[O-])c1C. The van der Waals surface area contributed by atoms with Crippen LogP contribution < -0.4 is 15.4 Å². The summed E-state index contributed by atoms with van der Waals surface area (Å²) in [5.41, 5.74) is 0.239. The number of ether oxygens (including phenoxy) is 1. The second kappa shape index (κ2) is 8.60. The fourth-order valence-corrected chi connectivity index (χ4v) is 1.69. The second-order valence-corrected chi connectivity index (χ2v) is 4.60. The van der Waals surface area contributed by atoms with Crippen LogP contribution in [-0.2, 0) is 4.79 Å². The number of nitrogens with one attached hydrogen (secondary N) is 2. The van der Waals surface area contributed by atoms with Gasteiger partial charge in [0.15, 0.2) is 6.61 Å². The van der Waals surface area contributed by atoms with Gasteiger partial charge in [-0.3, -0.25) is 20.2 Å². The van der Waals surface area contributed by atoms with E-state index in [0.29, 0.717) is 12.1 Å². The highest BCUT2D eigenvalue weighted by Gasteiger charge is 2.15. The number of rotatable bonds is 7. The van der Waals surface area contributed by atoms with E-state index in [4.69, 9.17) is 4.74 Å². The molecule has 0 atom stereocenters. The number of carbonyl (C=O) groups is 2. The van der Waals surface area contributed by atoms with E-state index in [1.165, 1.54) is 25.1 Å². The van der Waals surface area contributed by atoms with Gasteiger partial charge in [0.1, 0.15) is 5.75 Å². The van der Waals surface area contributed by atoms with Crippen molar-refractivity contribution in [1.82, 2.24) is 10.6 Å². The molecule has 0 spiro atoms. The third-order valence-corrected chi connectivity index (χ3v) is 2.88. The normalized spacial score (nSPS) is 9.91. The predicted molar refractivity (Wildman–Crippen MR) is 79.8 cm³/mol. The molecule has 8 nitrogen and oxygen atoms in total. The molecule has 0 saturated carbocycles. The molecule has 0 aliphatic heterocycles. The van der Waals surface area contributed by atoms with Crippen molar-refractivity contribution in [2.45, 2.75) is 26.7 Å². The van der Waals surface area contributed by atoms with Crippen LogP contribution in [0.3, 0.4) is 0 Å². The Bertz CT molecular complexity index is 559. The summed E-state index contributed by atoms with van der Waals surface area (Å²) in [6.45, 7) is 3.60. The zero-order valence-electron chi connectivity index (χ0n) is 12.5. The summed E-state index contributed by atoms with van der Waals surface area (Å²) in [7, 11) is 0. The first kappa shape index (κ1) is 17.4. The quantitative estimate of drug-likeness (QED) is 0.454. The van der Waals surface area contributed by atoms with Crippen molar-refractivity contribution in [3.63, 3.8) is 0 Å². The number of amides is 3. The van der Waals surface area contributed by atoms with Gasteiger partial charge >= 0.3 is 6.03 Å². The lowest BCUT2D eigenvalue weighted by Crippen LogP contribution is -2.41. The fourth-order valence-electron chi connectivity index (χ4n) is 1.69. The van der Waals surface area contributed by atoms with E-state index in [0.717, 1.165) is 12.8 Å². The van der Waals surface area contributed by atoms with Crippen LogP contribution in [0.2, 0.25) is 0 Å². The van der Waals surface area contributed by atoms with Crippen LogP contribution in [0.4, 0.5) is 10.5 Å². The monoisotopic (exact) mass is 309 g/mol. The lowest BCUT2D eigenvalue weighted by Gasteiger charge is -2.09. The van der Waals surface area contributed by atoms with Gasteiger partial charge in [-0.05, 0) is 19.4 Å². The van der Waals surface area contributed by atoms with Crippen LogP contribution in [-0.4, -0.2) is 30.0 Å². The van der Waals surface area contributed by atoms with Crippen molar-refractivity contribution in [2.24, 2.45) is 0 Å². The molecule has 0 heterocycles. The summed E-state index contributed by atoms with van der Waals surface area (Å²) in [6.07, 6.45) is 1.76. The number of hydrogen-bond donors (Lipinski definition) is 2. The smallest absolute Gasteiger partial charge is 0.321 e. The minimum absolute atomic E-state index is 0.0878. The van der Waals surface area contributed by atoms with E-state index in [1.807, 2.05) is 6.92 Å². The maximum atomic E-state index is 11.6. The number of nitro groups is 1. The number of urea groups is 1. The van der Waals surface area contributed by atoms with Gasteiger partial charge in [0.05, 0.1) is 10.5 Å². The summed E-state index contributed by atoms with van der Waals surface area (Å²) in [4.78, 5) is 33.2. The maximum Gasteiger partial charge on any atom is 0.321 e. The second-order valence-electron chi connectivity index (χ2n) is 4.60. The molecule has 22 heavy (non-hydrogen) atoms. The van der Waals surface area contributed by atoms with Crippen molar-refractivity contribution >= 4 is 17.6 Å². The highest BCUT2D eigenvalue weighted by atomic mass is 16.6. The Morgan fingerprint density at radius 3 is 2.73 bits per heavy atom. The topological polar surface area (TPSA) is 111 Å². The molecule has 120 valence electrons. The molecule has 3 amide bonds. The molecular weight excluding hydrogens is 290 g/mol. The van der Waals surface area contributed by atoms with Crippen molar-refractivity contribution in [3.8, 4) is 5.75 Å². The standard InChI is InChI=1S/C14H19N3O5/c1-3-4-8-15-14(19)16-13(18)9-22-12-7-5-6-11(10(12)2)17(20)21/h5-7H,3-4,8-9H2,1-2H3,(H2,15,16,18,19). The summed E-state index contributed by atoms with van der Waals surface area (Å²) in [6, 6.07) is 3.76. The van der Waals surface area contributed by atoms with E-state index in [-0.39, 0.29) is 11.4 Å². The van der Waals surface area contributed by atoms with Gasteiger partial charge < -0.3 is 10.1 Å². The molecule has 0 bridgehead atoms. The van der Waals surface area contributed by atoms with Crippen LogP contribution in [0.25, 0.3) is 0 Å². The van der Waals surface area contributed by atoms with E-state index >= 15 is 0 Å². The molecule has 2 N–H and O–H groups in total. The van der Waals surface area contributed by atoms with E-state index in [2.05, 4.69) is 10.6 Å². The lowest BCUT2D eigenvalue weighted by atomic mass is 10.2. The Labute approximate surface area is 128 Å². The average molecular weight is 309 g/mol. The number of unbranched alkanes of at least 4 members (excludes halogenated alkanes) is 1. The predicted octanol–water partition coefficient (Wildman–Crippen LogP) is 1.91. The van der Waals surface area contributed by atoms with Gasteiger partial charge in [0.2, 0.25) is 0 Å². The largest absolute Gasteiger partial charge is 0.483 e. The Morgan fingerprint density at radius 1 is 1.36 bits per heavy atom. The highest BCUT2D eigenvalue weighted by Crippen LogP contribution is 2.26. The minimum atomic E-state index is -0.625.